The molecule has 180 valence electrons. The minimum Gasteiger partial charge on any atom is -0.380 e. The fourth-order valence-corrected chi connectivity index (χ4v) is 5.11. The Hall–Kier alpha value is -3.34. The number of amides is 3. The maximum absolute atomic E-state index is 12.5. The van der Waals surface area contributed by atoms with E-state index in [1.54, 1.807) is 5.38 Å². The Kier molecular flexibility index (Phi) is 8.18. The van der Waals surface area contributed by atoms with Gasteiger partial charge in [-0.2, -0.15) is 5.10 Å². The van der Waals surface area contributed by atoms with Gasteiger partial charge in [-0.05, 0) is 44.9 Å². The molecule has 34 heavy (non-hydrogen) atoms. The third-order valence-electron chi connectivity index (χ3n) is 6.10. The Bertz CT molecular complexity index is 1040. The molecule has 0 radical (unpaired) electrons. The number of aromatic nitrogens is 3. The average Bonchev–Trinajstić information content (AvgIpc) is 3.39. The summed E-state index contributed by atoms with van der Waals surface area (Å²) in [6.07, 6.45) is 14.3. The lowest BCUT2D eigenvalue weighted by molar-refractivity contribution is 0.0950. The van der Waals surface area contributed by atoms with Crippen LogP contribution in [-0.2, 0) is 0 Å². The highest BCUT2D eigenvalue weighted by Gasteiger charge is 2.26. The van der Waals surface area contributed by atoms with E-state index in [1.165, 1.54) is 54.8 Å². The summed E-state index contributed by atoms with van der Waals surface area (Å²) < 4.78 is 0. The highest BCUT2D eigenvalue weighted by atomic mass is 32.1. The van der Waals surface area contributed by atoms with Gasteiger partial charge in [0.25, 0.3) is 5.91 Å². The molecule has 2 aromatic rings. The number of amidine groups is 1. The molecule has 0 spiro atoms. The molecule has 4 N–H and O–H groups in total. The van der Waals surface area contributed by atoms with Gasteiger partial charge in [0.15, 0.2) is 5.84 Å². The number of carbonyl (C=O) groups is 2. The predicted octanol–water partition coefficient (Wildman–Crippen LogP) is 2.76. The minimum atomic E-state index is -0.431. The number of nitrogens with two attached hydrogens (primary N) is 1. The Morgan fingerprint density at radius 1 is 1.21 bits per heavy atom. The number of hydrogen-bond donors (Lipinski definition) is 3. The summed E-state index contributed by atoms with van der Waals surface area (Å²) >= 11 is 1.46. The fourth-order valence-electron chi connectivity index (χ4n) is 4.14. The van der Waals surface area contributed by atoms with Gasteiger partial charge in [0.1, 0.15) is 11.4 Å². The summed E-state index contributed by atoms with van der Waals surface area (Å²) in [4.78, 5) is 39.2. The van der Waals surface area contributed by atoms with Crippen LogP contribution in [0.5, 0.6) is 0 Å². The van der Waals surface area contributed by atoms with Crippen molar-refractivity contribution in [2.45, 2.75) is 50.9 Å². The fraction of sp³-hybridized carbons (Fsp3) is 0.478. The number of allylic oxidation sites excluding steroid dienone is 1. The van der Waals surface area contributed by atoms with E-state index in [2.05, 4.69) is 36.9 Å². The van der Waals surface area contributed by atoms with Gasteiger partial charge in [0.2, 0.25) is 0 Å². The van der Waals surface area contributed by atoms with Crippen molar-refractivity contribution in [3.05, 3.63) is 52.0 Å². The second kappa shape index (κ2) is 11.7. The standard InChI is InChI=1S/C23H30N8O2S/c24-20(18-14-25-10-11-26-18)29-30-21(32)19-15-34-22(28-19)17-7-12-31(13-8-17)23(33)27-9-6-16-4-2-1-3-5-16/h4,10-11,14-15,17H,1-3,5-9,12-13H2,(H2,24,29)(H,27,33)(H,30,32). The van der Waals surface area contributed by atoms with E-state index in [1.807, 2.05) is 4.90 Å². The molecule has 11 heteroatoms. The summed E-state index contributed by atoms with van der Waals surface area (Å²) in [6, 6.07) is 0.00706. The highest BCUT2D eigenvalue weighted by molar-refractivity contribution is 7.09. The maximum atomic E-state index is 12.5. The monoisotopic (exact) mass is 482 g/mol. The van der Waals surface area contributed by atoms with E-state index >= 15 is 0 Å². The van der Waals surface area contributed by atoms with Crippen LogP contribution in [0.25, 0.3) is 0 Å². The first-order chi connectivity index (χ1) is 16.6. The SMILES string of the molecule is NC(=NNC(=O)c1csc(C2CCN(C(=O)NCCC3=CCCCC3)CC2)n1)c1cnccn1. The van der Waals surface area contributed by atoms with Crippen LogP contribution in [0, 0.1) is 0 Å². The molecule has 0 bridgehead atoms. The minimum absolute atomic E-state index is 0.00706. The van der Waals surface area contributed by atoms with E-state index in [9.17, 15) is 9.59 Å². The first-order valence-electron chi connectivity index (χ1n) is 11.7. The first kappa shape index (κ1) is 23.8. The number of nitrogens with zero attached hydrogens (tertiary/aromatic N) is 5. The van der Waals surface area contributed by atoms with E-state index in [0.717, 1.165) is 30.7 Å². The number of nitrogens with one attached hydrogen (secondary N) is 2. The number of hydrogen-bond acceptors (Lipinski definition) is 7. The van der Waals surface area contributed by atoms with Gasteiger partial charge in [-0.25, -0.2) is 20.2 Å². The van der Waals surface area contributed by atoms with Crippen molar-refractivity contribution in [3.8, 4) is 0 Å². The smallest absolute Gasteiger partial charge is 0.317 e. The van der Waals surface area contributed by atoms with Gasteiger partial charge in [-0.15, -0.1) is 11.3 Å². The first-order valence-corrected chi connectivity index (χ1v) is 12.5. The molecule has 3 amide bonds. The summed E-state index contributed by atoms with van der Waals surface area (Å²) in [7, 11) is 0. The zero-order chi connectivity index (χ0) is 23.8. The zero-order valence-electron chi connectivity index (χ0n) is 19.1. The quantitative estimate of drug-likeness (QED) is 0.240. The number of urea groups is 1. The van der Waals surface area contributed by atoms with E-state index in [-0.39, 0.29) is 17.8 Å². The number of likely N-dealkylation sites (tertiary alicyclic amines) is 1. The lowest BCUT2D eigenvalue weighted by atomic mass is 9.97. The van der Waals surface area contributed by atoms with Crippen molar-refractivity contribution < 1.29 is 9.59 Å². The molecule has 1 fully saturated rings. The molecule has 2 aromatic heterocycles. The maximum Gasteiger partial charge on any atom is 0.317 e. The van der Waals surface area contributed by atoms with Crippen LogP contribution in [-0.4, -0.2) is 57.3 Å². The molecule has 0 aromatic carbocycles. The van der Waals surface area contributed by atoms with Crippen LogP contribution < -0.4 is 16.5 Å². The highest BCUT2D eigenvalue weighted by Crippen LogP contribution is 2.30. The van der Waals surface area contributed by atoms with Crippen molar-refractivity contribution in [1.29, 1.82) is 0 Å². The Labute approximate surface area is 202 Å². The van der Waals surface area contributed by atoms with Crippen LogP contribution in [0.1, 0.15) is 72.1 Å². The molecule has 4 rings (SSSR count). The number of hydrazone groups is 1. The van der Waals surface area contributed by atoms with Crippen LogP contribution in [0.15, 0.2) is 40.7 Å². The van der Waals surface area contributed by atoms with Gasteiger partial charge in [0.05, 0.1) is 11.2 Å². The molecule has 0 unspecified atom stereocenters. The van der Waals surface area contributed by atoms with Crippen molar-refractivity contribution in [1.82, 2.24) is 30.6 Å². The van der Waals surface area contributed by atoms with Crippen molar-refractivity contribution in [2.24, 2.45) is 10.8 Å². The number of carbonyl (C=O) groups excluding carboxylic acids is 2. The van der Waals surface area contributed by atoms with Gasteiger partial charge in [-0.3, -0.25) is 9.78 Å². The number of rotatable bonds is 7. The number of thiazole rings is 1. The third kappa shape index (κ3) is 6.37. The van der Waals surface area contributed by atoms with Crippen LogP contribution in [0.2, 0.25) is 0 Å². The summed E-state index contributed by atoms with van der Waals surface area (Å²) in [5.74, 6) is -0.131. The predicted molar refractivity (Wildman–Crippen MR) is 130 cm³/mol. The molecular weight excluding hydrogens is 452 g/mol. The average molecular weight is 483 g/mol. The van der Waals surface area contributed by atoms with E-state index in [4.69, 9.17) is 5.73 Å². The molecule has 1 aliphatic heterocycles. The Balaban J connectivity index is 1.22. The van der Waals surface area contributed by atoms with Gasteiger partial charge < -0.3 is 16.0 Å². The second-order valence-electron chi connectivity index (χ2n) is 8.45. The van der Waals surface area contributed by atoms with Crippen molar-refractivity contribution in [3.63, 3.8) is 0 Å². The van der Waals surface area contributed by atoms with Crippen molar-refractivity contribution in [2.75, 3.05) is 19.6 Å². The van der Waals surface area contributed by atoms with E-state index < -0.39 is 5.91 Å². The largest absolute Gasteiger partial charge is 0.380 e. The molecule has 10 nitrogen and oxygen atoms in total. The lowest BCUT2D eigenvalue weighted by Gasteiger charge is -2.31. The number of piperidine rings is 1. The summed E-state index contributed by atoms with van der Waals surface area (Å²) in [5.41, 5.74) is 10.4. The van der Waals surface area contributed by atoms with Crippen LogP contribution in [0.4, 0.5) is 4.79 Å². The molecule has 0 saturated carbocycles. The van der Waals surface area contributed by atoms with Crippen LogP contribution >= 0.6 is 11.3 Å². The van der Waals surface area contributed by atoms with Crippen molar-refractivity contribution >= 4 is 29.1 Å². The molecular formula is C23H30N8O2S. The third-order valence-corrected chi connectivity index (χ3v) is 7.10. The Morgan fingerprint density at radius 2 is 2.06 bits per heavy atom. The zero-order valence-corrected chi connectivity index (χ0v) is 19.9. The molecule has 1 saturated heterocycles. The van der Waals surface area contributed by atoms with E-state index in [0.29, 0.717) is 31.0 Å². The summed E-state index contributed by atoms with van der Waals surface area (Å²) in [6.45, 7) is 2.05. The topological polar surface area (TPSA) is 138 Å². The second-order valence-corrected chi connectivity index (χ2v) is 9.34. The Morgan fingerprint density at radius 3 is 2.79 bits per heavy atom. The summed E-state index contributed by atoms with van der Waals surface area (Å²) in [5, 5.41) is 9.56. The van der Waals surface area contributed by atoms with Crippen LogP contribution in [0.3, 0.4) is 0 Å². The van der Waals surface area contributed by atoms with Gasteiger partial charge in [-0.1, -0.05) is 11.6 Å². The molecule has 1 aliphatic carbocycles. The lowest BCUT2D eigenvalue weighted by Crippen LogP contribution is -2.44. The van der Waals surface area contributed by atoms with Gasteiger partial charge in [0, 0.05) is 43.3 Å². The molecule has 3 heterocycles. The normalized spacial score (nSPS) is 17.2. The molecule has 2 aliphatic rings. The van der Waals surface area contributed by atoms with Gasteiger partial charge >= 0.3 is 6.03 Å². The molecule has 0 atom stereocenters.